The van der Waals surface area contributed by atoms with Gasteiger partial charge < -0.3 is 14.8 Å². The number of amides is 1. The molecule has 2 aromatic rings. The number of pyridine rings is 1. The average Bonchev–Trinajstić information content (AvgIpc) is 3.46. The van der Waals surface area contributed by atoms with Gasteiger partial charge >= 0.3 is 0 Å². The largest absolute Gasteiger partial charge is 0.453 e. The van der Waals surface area contributed by atoms with Crippen LogP contribution in [-0.2, 0) is 11.3 Å². The van der Waals surface area contributed by atoms with E-state index in [0.717, 1.165) is 55.9 Å². The molecule has 0 bridgehead atoms. The van der Waals surface area contributed by atoms with Gasteiger partial charge in [-0.05, 0) is 32.2 Å². The average molecular weight is 381 g/mol. The summed E-state index contributed by atoms with van der Waals surface area (Å²) in [6.45, 7) is 1.62. The van der Waals surface area contributed by atoms with Crippen LogP contribution in [0.15, 0.2) is 24.7 Å². The minimum Gasteiger partial charge on any atom is -0.453 e. The van der Waals surface area contributed by atoms with E-state index in [1.54, 1.807) is 24.7 Å². The molecule has 2 aromatic heterocycles. The molecule has 146 valence electrons. The summed E-state index contributed by atoms with van der Waals surface area (Å²) in [5.74, 6) is 2.77. The third kappa shape index (κ3) is 3.52. The molecule has 2 fully saturated rings. The van der Waals surface area contributed by atoms with Crippen LogP contribution in [-0.4, -0.2) is 45.1 Å². The maximum Gasteiger partial charge on any atom is 0.241 e. The Morgan fingerprint density at radius 3 is 2.82 bits per heavy atom. The molecule has 1 aliphatic carbocycles. The van der Waals surface area contributed by atoms with E-state index < -0.39 is 0 Å². The number of nitrogens with zero attached hydrogens (tertiary/aromatic N) is 4. The fraction of sp³-hybridized carbons (Fsp3) is 0.500. The SMILES string of the molecule is O=C(Nc1cnc(C2CC2)nc1)[C@H]1CCCCN1Cc1nccc2c1OCO2. The van der Waals surface area contributed by atoms with E-state index in [9.17, 15) is 4.79 Å². The molecule has 2 aliphatic heterocycles. The maximum absolute atomic E-state index is 12.9. The van der Waals surface area contributed by atoms with Crippen LogP contribution in [0.2, 0.25) is 0 Å². The third-order valence-electron chi connectivity index (χ3n) is 5.51. The molecule has 0 aromatic carbocycles. The van der Waals surface area contributed by atoms with Crippen molar-refractivity contribution < 1.29 is 14.3 Å². The van der Waals surface area contributed by atoms with Crippen LogP contribution in [0.4, 0.5) is 5.69 Å². The third-order valence-corrected chi connectivity index (χ3v) is 5.51. The summed E-state index contributed by atoms with van der Waals surface area (Å²) in [6, 6.07) is 1.59. The first-order valence-electron chi connectivity index (χ1n) is 9.88. The lowest BCUT2D eigenvalue weighted by atomic mass is 10.0. The normalized spacial score (nSPS) is 21.5. The second-order valence-electron chi connectivity index (χ2n) is 7.57. The number of likely N-dealkylation sites (tertiary alicyclic amines) is 1. The summed E-state index contributed by atoms with van der Waals surface area (Å²) in [5, 5.41) is 2.98. The monoisotopic (exact) mass is 381 g/mol. The predicted molar refractivity (Wildman–Crippen MR) is 101 cm³/mol. The number of piperidine rings is 1. The highest BCUT2D eigenvalue weighted by atomic mass is 16.7. The van der Waals surface area contributed by atoms with Crippen LogP contribution in [0.3, 0.4) is 0 Å². The molecule has 28 heavy (non-hydrogen) atoms. The van der Waals surface area contributed by atoms with Crippen LogP contribution in [0.5, 0.6) is 11.5 Å². The fourth-order valence-corrected chi connectivity index (χ4v) is 3.85. The summed E-state index contributed by atoms with van der Waals surface area (Å²) in [7, 11) is 0. The second kappa shape index (κ2) is 7.35. The molecule has 4 heterocycles. The standard InChI is InChI=1S/C20H23N5O3/c26-20(24-14-9-22-19(23-10-14)13-4-5-13)16-3-1-2-8-25(16)11-15-18-17(6-7-21-15)27-12-28-18/h6-7,9-10,13,16H,1-5,8,11-12H2,(H,24,26)/t16-/m1/s1. The first-order valence-corrected chi connectivity index (χ1v) is 9.88. The Balaban J connectivity index is 1.28. The molecule has 0 radical (unpaired) electrons. The number of rotatable bonds is 5. The van der Waals surface area contributed by atoms with Crippen molar-refractivity contribution in [2.24, 2.45) is 0 Å². The Morgan fingerprint density at radius 2 is 2.00 bits per heavy atom. The van der Waals surface area contributed by atoms with Crippen molar-refractivity contribution in [2.45, 2.75) is 50.6 Å². The lowest BCUT2D eigenvalue weighted by Crippen LogP contribution is -2.46. The van der Waals surface area contributed by atoms with E-state index in [4.69, 9.17) is 9.47 Å². The lowest BCUT2D eigenvalue weighted by Gasteiger charge is -2.34. The van der Waals surface area contributed by atoms with E-state index in [1.165, 1.54) is 0 Å². The summed E-state index contributed by atoms with van der Waals surface area (Å²) in [5.41, 5.74) is 1.46. The summed E-state index contributed by atoms with van der Waals surface area (Å²) in [4.78, 5) is 28.3. The Morgan fingerprint density at radius 1 is 1.14 bits per heavy atom. The van der Waals surface area contributed by atoms with Crippen molar-refractivity contribution in [3.8, 4) is 11.5 Å². The molecular formula is C20H23N5O3. The van der Waals surface area contributed by atoms with Gasteiger partial charge in [0.15, 0.2) is 11.5 Å². The highest BCUT2D eigenvalue weighted by molar-refractivity contribution is 5.94. The van der Waals surface area contributed by atoms with Gasteiger partial charge in [-0.25, -0.2) is 9.97 Å². The number of carbonyl (C=O) groups is 1. The van der Waals surface area contributed by atoms with Crippen molar-refractivity contribution in [3.63, 3.8) is 0 Å². The Bertz CT molecular complexity index is 869. The molecule has 8 nitrogen and oxygen atoms in total. The second-order valence-corrected chi connectivity index (χ2v) is 7.57. The van der Waals surface area contributed by atoms with Gasteiger partial charge in [-0.15, -0.1) is 0 Å². The van der Waals surface area contributed by atoms with E-state index in [2.05, 4.69) is 25.2 Å². The molecule has 0 unspecified atom stereocenters. The molecule has 1 N–H and O–H groups in total. The van der Waals surface area contributed by atoms with Crippen LogP contribution < -0.4 is 14.8 Å². The highest BCUT2D eigenvalue weighted by Crippen LogP contribution is 2.38. The quantitative estimate of drug-likeness (QED) is 0.851. The van der Waals surface area contributed by atoms with Gasteiger partial charge in [0.2, 0.25) is 12.7 Å². The van der Waals surface area contributed by atoms with Crippen LogP contribution in [0.25, 0.3) is 0 Å². The van der Waals surface area contributed by atoms with Crippen LogP contribution in [0, 0.1) is 0 Å². The van der Waals surface area contributed by atoms with Gasteiger partial charge in [-0.1, -0.05) is 6.42 Å². The summed E-state index contributed by atoms with van der Waals surface area (Å²) < 4.78 is 11.0. The first-order chi connectivity index (χ1) is 13.8. The van der Waals surface area contributed by atoms with Crippen LogP contribution >= 0.6 is 0 Å². The van der Waals surface area contributed by atoms with Crippen LogP contribution in [0.1, 0.15) is 49.5 Å². The summed E-state index contributed by atoms with van der Waals surface area (Å²) in [6.07, 6.45) is 10.4. The highest BCUT2D eigenvalue weighted by Gasteiger charge is 2.31. The number of ether oxygens (including phenoxy) is 2. The fourth-order valence-electron chi connectivity index (χ4n) is 3.85. The van der Waals surface area contributed by atoms with Gasteiger partial charge in [0.05, 0.1) is 24.1 Å². The predicted octanol–water partition coefficient (Wildman–Crippen LogP) is 2.47. The smallest absolute Gasteiger partial charge is 0.241 e. The Hall–Kier alpha value is -2.74. The molecule has 1 amide bonds. The van der Waals surface area contributed by atoms with Crippen molar-refractivity contribution in [1.29, 1.82) is 0 Å². The first kappa shape index (κ1) is 17.4. The zero-order valence-corrected chi connectivity index (χ0v) is 15.6. The molecule has 5 rings (SSSR count). The number of nitrogens with one attached hydrogen (secondary N) is 1. The van der Waals surface area contributed by atoms with Crippen molar-refractivity contribution >= 4 is 11.6 Å². The number of aromatic nitrogens is 3. The molecule has 1 saturated carbocycles. The Labute approximate surface area is 163 Å². The van der Waals surface area contributed by atoms with E-state index in [1.807, 2.05) is 0 Å². The van der Waals surface area contributed by atoms with E-state index in [0.29, 0.717) is 23.9 Å². The lowest BCUT2D eigenvalue weighted by molar-refractivity contribution is -0.122. The minimum absolute atomic E-state index is 0.0211. The molecule has 3 aliphatic rings. The number of anilines is 1. The molecule has 8 heteroatoms. The van der Waals surface area contributed by atoms with Crippen molar-refractivity contribution in [3.05, 3.63) is 36.2 Å². The number of hydrogen-bond donors (Lipinski definition) is 1. The summed E-state index contributed by atoms with van der Waals surface area (Å²) >= 11 is 0. The number of fused-ring (bicyclic) bond motifs is 1. The van der Waals surface area contributed by atoms with Gasteiger partial charge in [0.25, 0.3) is 0 Å². The van der Waals surface area contributed by atoms with Gasteiger partial charge in [-0.2, -0.15) is 0 Å². The molecule has 1 atom stereocenters. The molecule has 0 spiro atoms. The molecule has 1 saturated heterocycles. The van der Waals surface area contributed by atoms with E-state index in [-0.39, 0.29) is 18.7 Å². The zero-order chi connectivity index (χ0) is 18.9. The minimum atomic E-state index is -0.211. The van der Waals surface area contributed by atoms with Gasteiger partial charge in [0.1, 0.15) is 11.5 Å². The maximum atomic E-state index is 12.9. The van der Waals surface area contributed by atoms with Crippen molar-refractivity contribution in [2.75, 3.05) is 18.7 Å². The number of carbonyl (C=O) groups excluding carboxylic acids is 1. The zero-order valence-electron chi connectivity index (χ0n) is 15.6. The van der Waals surface area contributed by atoms with E-state index >= 15 is 0 Å². The topological polar surface area (TPSA) is 89.5 Å². The number of hydrogen-bond acceptors (Lipinski definition) is 7. The Kier molecular flexibility index (Phi) is 4.56. The van der Waals surface area contributed by atoms with Gasteiger partial charge in [0, 0.05) is 24.7 Å². The van der Waals surface area contributed by atoms with Gasteiger partial charge in [-0.3, -0.25) is 14.7 Å². The molecular weight excluding hydrogens is 358 g/mol. The van der Waals surface area contributed by atoms with Crippen molar-refractivity contribution in [1.82, 2.24) is 19.9 Å².